The molecule has 21 heavy (non-hydrogen) atoms. The molecule has 1 amide bonds. The minimum atomic E-state index is -0.536. The van der Waals surface area contributed by atoms with Gasteiger partial charge in [0.2, 0.25) is 0 Å². The standard InChI is InChI=1S/C16H14FN3O/c1-10-11(2)20-9-12(7-8-15(20)18-10)19-16(21)13-5-3-4-6-14(13)17/h3-9H,1-2H3,(H,19,21). The van der Waals surface area contributed by atoms with Gasteiger partial charge in [-0.2, -0.15) is 0 Å². The van der Waals surface area contributed by atoms with E-state index >= 15 is 0 Å². The van der Waals surface area contributed by atoms with Gasteiger partial charge in [0.25, 0.3) is 5.91 Å². The highest BCUT2D eigenvalue weighted by Gasteiger charge is 2.12. The van der Waals surface area contributed by atoms with Crippen molar-refractivity contribution in [3.63, 3.8) is 0 Å². The van der Waals surface area contributed by atoms with E-state index in [0.717, 1.165) is 17.0 Å². The van der Waals surface area contributed by atoms with E-state index in [1.54, 1.807) is 24.4 Å². The number of nitrogens with zero attached hydrogens (tertiary/aromatic N) is 2. The molecule has 0 saturated carbocycles. The van der Waals surface area contributed by atoms with Crippen LogP contribution in [0.2, 0.25) is 0 Å². The van der Waals surface area contributed by atoms with E-state index in [9.17, 15) is 9.18 Å². The Morgan fingerprint density at radius 3 is 2.71 bits per heavy atom. The number of nitrogens with one attached hydrogen (secondary N) is 1. The van der Waals surface area contributed by atoms with Gasteiger partial charge in [-0.25, -0.2) is 9.37 Å². The number of aryl methyl sites for hydroxylation is 2. The fraction of sp³-hybridized carbons (Fsp3) is 0.125. The van der Waals surface area contributed by atoms with E-state index in [4.69, 9.17) is 0 Å². The molecule has 2 aromatic heterocycles. The monoisotopic (exact) mass is 283 g/mol. The smallest absolute Gasteiger partial charge is 0.258 e. The van der Waals surface area contributed by atoms with Crippen molar-refractivity contribution in [2.45, 2.75) is 13.8 Å². The predicted molar refractivity (Wildman–Crippen MR) is 79.0 cm³/mol. The summed E-state index contributed by atoms with van der Waals surface area (Å²) in [6.45, 7) is 3.89. The molecule has 2 heterocycles. The number of hydrogen-bond acceptors (Lipinski definition) is 2. The molecule has 0 aliphatic heterocycles. The first-order valence-corrected chi connectivity index (χ1v) is 6.57. The van der Waals surface area contributed by atoms with Gasteiger partial charge in [-0.05, 0) is 38.1 Å². The molecule has 0 aliphatic carbocycles. The lowest BCUT2D eigenvalue weighted by Gasteiger charge is -2.07. The van der Waals surface area contributed by atoms with Crippen LogP contribution in [0.4, 0.5) is 10.1 Å². The molecule has 1 N–H and O–H groups in total. The lowest BCUT2D eigenvalue weighted by atomic mass is 10.2. The van der Waals surface area contributed by atoms with E-state index in [2.05, 4.69) is 10.3 Å². The lowest BCUT2D eigenvalue weighted by Crippen LogP contribution is -2.14. The summed E-state index contributed by atoms with van der Waals surface area (Å²) in [5.41, 5.74) is 3.38. The molecule has 0 fully saturated rings. The average Bonchev–Trinajstić information content (AvgIpc) is 2.75. The zero-order valence-electron chi connectivity index (χ0n) is 11.7. The van der Waals surface area contributed by atoms with Crippen LogP contribution < -0.4 is 5.32 Å². The number of carbonyl (C=O) groups excluding carboxylic acids is 1. The van der Waals surface area contributed by atoms with Gasteiger partial charge in [0.1, 0.15) is 11.5 Å². The van der Waals surface area contributed by atoms with Crippen molar-refractivity contribution < 1.29 is 9.18 Å². The van der Waals surface area contributed by atoms with Crippen molar-refractivity contribution in [2.75, 3.05) is 5.32 Å². The fourth-order valence-corrected chi connectivity index (χ4v) is 2.20. The third-order valence-electron chi connectivity index (χ3n) is 3.47. The third-order valence-corrected chi connectivity index (χ3v) is 3.47. The van der Waals surface area contributed by atoms with Crippen molar-refractivity contribution in [3.05, 3.63) is 65.4 Å². The van der Waals surface area contributed by atoms with Gasteiger partial charge in [0, 0.05) is 11.9 Å². The summed E-state index contributed by atoms with van der Waals surface area (Å²) < 4.78 is 15.5. The maximum Gasteiger partial charge on any atom is 0.258 e. The van der Waals surface area contributed by atoms with Gasteiger partial charge in [-0.15, -0.1) is 0 Å². The van der Waals surface area contributed by atoms with Gasteiger partial charge in [-0.3, -0.25) is 4.79 Å². The molecule has 0 spiro atoms. The molecule has 0 aliphatic rings. The van der Waals surface area contributed by atoms with Crippen LogP contribution in [0, 0.1) is 19.7 Å². The van der Waals surface area contributed by atoms with E-state index < -0.39 is 11.7 Å². The Morgan fingerprint density at radius 1 is 1.19 bits per heavy atom. The normalized spacial score (nSPS) is 10.8. The highest BCUT2D eigenvalue weighted by Crippen LogP contribution is 2.16. The summed E-state index contributed by atoms with van der Waals surface area (Å²) in [6, 6.07) is 9.47. The van der Waals surface area contributed by atoms with Crippen molar-refractivity contribution in [3.8, 4) is 0 Å². The average molecular weight is 283 g/mol. The van der Waals surface area contributed by atoms with Gasteiger partial charge in [-0.1, -0.05) is 12.1 Å². The van der Waals surface area contributed by atoms with Gasteiger partial charge >= 0.3 is 0 Å². The highest BCUT2D eigenvalue weighted by molar-refractivity contribution is 6.04. The molecule has 4 nitrogen and oxygen atoms in total. The Balaban J connectivity index is 1.93. The number of rotatable bonds is 2. The Labute approximate surface area is 121 Å². The van der Waals surface area contributed by atoms with E-state index in [1.807, 2.05) is 24.3 Å². The molecular formula is C16H14FN3O. The topological polar surface area (TPSA) is 46.4 Å². The first-order valence-electron chi connectivity index (χ1n) is 6.57. The number of aromatic nitrogens is 2. The first kappa shape index (κ1) is 13.3. The maximum absolute atomic E-state index is 13.6. The molecule has 0 saturated heterocycles. The second-order valence-corrected chi connectivity index (χ2v) is 4.86. The summed E-state index contributed by atoms with van der Waals surface area (Å²) in [7, 11) is 0. The van der Waals surface area contributed by atoms with Crippen LogP contribution in [-0.2, 0) is 0 Å². The zero-order valence-corrected chi connectivity index (χ0v) is 11.7. The van der Waals surface area contributed by atoms with Crippen LogP contribution in [0.1, 0.15) is 21.7 Å². The summed E-state index contributed by atoms with van der Waals surface area (Å²) in [4.78, 5) is 16.5. The number of amides is 1. The van der Waals surface area contributed by atoms with Gasteiger partial charge in [0.05, 0.1) is 16.9 Å². The van der Waals surface area contributed by atoms with Crippen molar-refractivity contribution in [2.24, 2.45) is 0 Å². The number of anilines is 1. The predicted octanol–water partition coefficient (Wildman–Crippen LogP) is 3.34. The van der Waals surface area contributed by atoms with Gasteiger partial charge < -0.3 is 9.72 Å². The second-order valence-electron chi connectivity index (χ2n) is 4.86. The number of hydrogen-bond donors (Lipinski definition) is 1. The second kappa shape index (κ2) is 5.01. The van der Waals surface area contributed by atoms with Crippen LogP contribution in [0.5, 0.6) is 0 Å². The summed E-state index contributed by atoms with van der Waals surface area (Å²) in [5.74, 6) is -1.01. The molecule has 0 unspecified atom stereocenters. The number of fused-ring (bicyclic) bond motifs is 1. The molecule has 3 rings (SSSR count). The van der Waals surface area contributed by atoms with E-state index in [1.165, 1.54) is 12.1 Å². The molecule has 0 radical (unpaired) electrons. The summed E-state index contributed by atoms with van der Waals surface area (Å²) >= 11 is 0. The van der Waals surface area contributed by atoms with Crippen molar-refractivity contribution >= 4 is 17.2 Å². The van der Waals surface area contributed by atoms with E-state index in [-0.39, 0.29) is 5.56 Å². The minimum Gasteiger partial charge on any atom is -0.321 e. The quantitative estimate of drug-likeness (QED) is 0.784. The molecule has 5 heteroatoms. The Hall–Kier alpha value is -2.69. The fourth-order valence-electron chi connectivity index (χ4n) is 2.20. The number of halogens is 1. The number of pyridine rings is 1. The third kappa shape index (κ3) is 2.38. The summed E-state index contributed by atoms with van der Waals surface area (Å²) in [5, 5.41) is 2.70. The Bertz CT molecular complexity index is 839. The molecule has 106 valence electrons. The minimum absolute atomic E-state index is 0.0242. The van der Waals surface area contributed by atoms with Crippen LogP contribution in [0.3, 0.4) is 0 Å². The number of carbonyl (C=O) groups is 1. The number of benzene rings is 1. The lowest BCUT2D eigenvalue weighted by molar-refractivity contribution is 0.102. The highest BCUT2D eigenvalue weighted by atomic mass is 19.1. The van der Waals surface area contributed by atoms with Crippen LogP contribution in [-0.4, -0.2) is 15.3 Å². The molecule has 0 atom stereocenters. The largest absolute Gasteiger partial charge is 0.321 e. The number of imidazole rings is 1. The zero-order chi connectivity index (χ0) is 15.0. The molecule has 1 aromatic carbocycles. The van der Waals surface area contributed by atoms with Crippen LogP contribution in [0.15, 0.2) is 42.6 Å². The maximum atomic E-state index is 13.6. The SMILES string of the molecule is Cc1nc2ccc(NC(=O)c3ccccc3F)cn2c1C. The van der Waals surface area contributed by atoms with Crippen molar-refractivity contribution in [1.29, 1.82) is 0 Å². The van der Waals surface area contributed by atoms with Gasteiger partial charge in [0.15, 0.2) is 0 Å². The van der Waals surface area contributed by atoms with Crippen molar-refractivity contribution in [1.82, 2.24) is 9.38 Å². The Morgan fingerprint density at radius 2 is 1.95 bits per heavy atom. The van der Waals surface area contributed by atoms with Crippen LogP contribution >= 0.6 is 0 Å². The summed E-state index contributed by atoms with van der Waals surface area (Å²) in [6.07, 6.45) is 1.78. The van der Waals surface area contributed by atoms with Crippen LogP contribution in [0.25, 0.3) is 5.65 Å². The Kier molecular flexibility index (Phi) is 3.17. The van der Waals surface area contributed by atoms with E-state index in [0.29, 0.717) is 5.69 Å². The molecule has 3 aromatic rings. The molecule has 0 bridgehead atoms. The molecular weight excluding hydrogens is 269 g/mol. The first-order chi connectivity index (χ1) is 10.1.